The van der Waals surface area contributed by atoms with Crippen molar-refractivity contribution in [1.82, 2.24) is 20.2 Å². The van der Waals surface area contributed by atoms with Gasteiger partial charge >= 0.3 is 0 Å². The fourth-order valence-electron chi connectivity index (χ4n) is 3.11. The number of nitrogens with one attached hydrogen (secondary N) is 1. The Hall–Kier alpha value is -3.53. The van der Waals surface area contributed by atoms with Gasteiger partial charge in [-0.1, -0.05) is 41.6 Å². The quantitative estimate of drug-likeness (QED) is 0.275. The predicted octanol–water partition coefficient (Wildman–Crippen LogP) is 3.54. The van der Waals surface area contributed by atoms with Crippen LogP contribution in [0.1, 0.15) is 18.1 Å². The first-order valence-electron chi connectivity index (χ1n) is 10.3. The van der Waals surface area contributed by atoms with Crippen molar-refractivity contribution in [3.8, 4) is 28.6 Å². The molecule has 10 heteroatoms. The van der Waals surface area contributed by atoms with Crippen LogP contribution >= 0.6 is 11.8 Å². The maximum atomic E-state index is 12.3. The molecule has 0 atom stereocenters. The number of carbonyl (C=O) groups is 1. The molecule has 174 valence electrons. The molecular formula is C23H27N5O4S. The number of aromatic nitrogens is 3. The third kappa shape index (κ3) is 5.83. The van der Waals surface area contributed by atoms with Gasteiger partial charge in [0.15, 0.2) is 22.5 Å². The van der Waals surface area contributed by atoms with E-state index in [9.17, 15) is 4.79 Å². The molecule has 0 aliphatic carbocycles. The summed E-state index contributed by atoms with van der Waals surface area (Å²) in [4.78, 5) is 12.3. The number of carbonyl (C=O) groups excluding carboxylic acids is 1. The van der Waals surface area contributed by atoms with Gasteiger partial charge in [-0.2, -0.15) is 5.10 Å². The van der Waals surface area contributed by atoms with Crippen LogP contribution in [0.5, 0.6) is 17.2 Å². The number of nitrogens with zero attached hydrogens (tertiary/aromatic N) is 4. The molecule has 33 heavy (non-hydrogen) atoms. The highest BCUT2D eigenvalue weighted by Gasteiger charge is 2.15. The summed E-state index contributed by atoms with van der Waals surface area (Å²) in [6, 6.07) is 11.6. The number of hydrogen-bond acceptors (Lipinski definition) is 8. The van der Waals surface area contributed by atoms with E-state index in [1.165, 1.54) is 44.9 Å². The Morgan fingerprint density at radius 2 is 1.76 bits per heavy atom. The van der Waals surface area contributed by atoms with E-state index >= 15 is 0 Å². The average Bonchev–Trinajstić information content (AvgIpc) is 3.25. The molecule has 1 N–H and O–H groups in total. The fraction of sp³-hybridized carbons (Fsp3) is 0.304. The lowest BCUT2D eigenvalue weighted by atomic mass is 10.1. The minimum atomic E-state index is -0.258. The van der Waals surface area contributed by atoms with Crippen molar-refractivity contribution in [1.29, 1.82) is 0 Å². The van der Waals surface area contributed by atoms with Crippen molar-refractivity contribution >= 4 is 23.9 Å². The first-order valence-corrected chi connectivity index (χ1v) is 11.2. The van der Waals surface area contributed by atoms with Crippen LogP contribution < -0.4 is 19.6 Å². The van der Waals surface area contributed by atoms with E-state index in [1.807, 2.05) is 42.7 Å². The molecule has 0 fully saturated rings. The van der Waals surface area contributed by atoms with Crippen LogP contribution in [0.3, 0.4) is 0 Å². The number of hydrogen-bond donors (Lipinski definition) is 1. The van der Waals surface area contributed by atoms with Crippen LogP contribution in [-0.2, 0) is 11.3 Å². The molecule has 0 aliphatic rings. The molecule has 2 aromatic carbocycles. The third-order valence-corrected chi connectivity index (χ3v) is 5.73. The van der Waals surface area contributed by atoms with Crippen LogP contribution in [-0.4, -0.2) is 54.0 Å². The average molecular weight is 470 g/mol. The largest absolute Gasteiger partial charge is 0.493 e. The molecule has 3 rings (SSSR count). The van der Waals surface area contributed by atoms with E-state index < -0.39 is 0 Å². The zero-order valence-electron chi connectivity index (χ0n) is 19.3. The van der Waals surface area contributed by atoms with Crippen molar-refractivity contribution in [3.63, 3.8) is 0 Å². The summed E-state index contributed by atoms with van der Waals surface area (Å²) in [6.45, 7) is 4.75. The summed E-state index contributed by atoms with van der Waals surface area (Å²) in [6.07, 6.45) is 1.51. The van der Waals surface area contributed by atoms with Crippen molar-refractivity contribution in [2.24, 2.45) is 5.10 Å². The number of benzene rings is 2. The van der Waals surface area contributed by atoms with Crippen molar-refractivity contribution in [3.05, 3.63) is 47.5 Å². The molecular weight excluding hydrogens is 442 g/mol. The second kappa shape index (κ2) is 11.4. The van der Waals surface area contributed by atoms with Gasteiger partial charge in [0.1, 0.15) is 0 Å². The summed E-state index contributed by atoms with van der Waals surface area (Å²) >= 11 is 1.31. The number of rotatable bonds is 10. The van der Waals surface area contributed by atoms with E-state index in [-0.39, 0.29) is 11.7 Å². The summed E-state index contributed by atoms with van der Waals surface area (Å²) in [5.41, 5.74) is 5.38. The van der Waals surface area contributed by atoms with Gasteiger partial charge in [0.05, 0.1) is 33.3 Å². The number of thioether (sulfide) groups is 1. The fourth-order valence-corrected chi connectivity index (χ4v) is 3.91. The highest BCUT2D eigenvalue weighted by atomic mass is 32.2. The Bertz CT molecular complexity index is 1100. The summed E-state index contributed by atoms with van der Waals surface area (Å²) in [7, 11) is 4.61. The molecule has 0 saturated heterocycles. The molecule has 0 aliphatic heterocycles. The molecule has 1 heterocycles. The zero-order valence-corrected chi connectivity index (χ0v) is 20.1. The second-order valence-corrected chi connectivity index (χ2v) is 7.90. The number of ether oxygens (including phenoxy) is 3. The van der Waals surface area contributed by atoms with Crippen LogP contribution in [0.2, 0.25) is 0 Å². The Morgan fingerprint density at radius 3 is 2.33 bits per heavy atom. The van der Waals surface area contributed by atoms with Gasteiger partial charge in [0.2, 0.25) is 5.75 Å². The van der Waals surface area contributed by atoms with Crippen LogP contribution in [0.4, 0.5) is 0 Å². The van der Waals surface area contributed by atoms with E-state index in [2.05, 4.69) is 20.7 Å². The Labute approximate surface area is 197 Å². The smallest absolute Gasteiger partial charge is 0.250 e. The van der Waals surface area contributed by atoms with Crippen LogP contribution in [0, 0.1) is 6.92 Å². The summed E-state index contributed by atoms with van der Waals surface area (Å²) in [5, 5.41) is 13.3. The molecule has 0 unspecified atom stereocenters. The third-order valence-electron chi connectivity index (χ3n) is 4.77. The standard InChI is InChI=1S/C23H27N5O4S/c1-6-28-22(17-9-7-15(2)8-10-17)26-27-23(28)33-14-20(29)25-24-13-16-11-18(30-3)21(32-5)19(12-16)31-4/h7-13H,6,14H2,1-5H3,(H,25,29)/b24-13+. The first-order chi connectivity index (χ1) is 16.0. The number of aryl methyl sites for hydroxylation is 1. The lowest BCUT2D eigenvalue weighted by Gasteiger charge is -2.12. The van der Waals surface area contributed by atoms with Crippen molar-refractivity contribution in [2.75, 3.05) is 27.1 Å². The van der Waals surface area contributed by atoms with Crippen LogP contribution in [0.25, 0.3) is 11.4 Å². The van der Waals surface area contributed by atoms with E-state index in [1.54, 1.807) is 12.1 Å². The Balaban J connectivity index is 1.62. The minimum Gasteiger partial charge on any atom is -0.493 e. The Kier molecular flexibility index (Phi) is 8.31. The summed E-state index contributed by atoms with van der Waals surface area (Å²) < 4.78 is 17.9. The maximum Gasteiger partial charge on any atom is 0.250 e. The first kappa shape index (κ1) is 24.1. The topological polar surface area (TPSA) is 99.9 Å². The number of amides is 1. The molecule has 0 radical (unpaired) electrons. The highest BCUT2D eigenvalue weighted by molar-refractivity contribution is 7.99. The maximum absolute atomic E-state index is 12.3. The van der Waals surface area contributed by atoms with E-state index in [0.717, 1.165) is 11.4 Å². The molecule has 9 nitrogen and oxygen atoms in total. The normalized spacial score (nSPS) is 10.9. The van der Waals surface area contributed by atoms with E-state index in [0.29, 0.717) is 34.5 Å². The molecule has 3 aromatic rings. The van der Waals surface area contributed by atoms with Gasteiger partial charge in [0, 0.05) is 17.7 Å². The lowest BCUT2D eigenvalue weighted by molar-refractivity contribution is -0.118. The highest BCUT2D eigenvalue weighted by Crippen LogP contribution is 2.37. The Morgan fingerprint density at radius 1 is 1.09 bits per heavy atom. The molecule has 1 aromatic heterocycles. The van der Waals surface area contributed by atoms with Crippen LogP contribution in [0.15, 0.2) is 46.7 Å². The van der Waals surface area contributed by atoms with Gasteiger partial charge < -0.3 is 18.8 Å². The second-order valence-electron chi connectivity index (χ2n) is 6.96. The molecule has 0 spiro atoms. The number of hydrazone groups is 1. The predicted molar refractivity (Wildman–Crippen MR) is 128 cm³/mol. The van der Waals surface area contributed by atoms with Gasteiger partial charge in [-0.25, -0.2) is 5.43 Å². The summed E-state index contributed by atoms with van der Waals surface area (Å²) in [5.74, 6) is 2.17. The molecule has 1 amide bonds. The van der Waals surface area contributed by atoms with Gasteiger partial charge in [-0.05, 0) is 26.0 Å². The molecule has 0 saturated carbocycles. The van der Waals surface area contributed by atoms with Gasteiger partial charge in [-0.3, -0.25) is 4.79 Å². The number of methoxy groups -OCH3 is 3. The SMILES string of the molecule is CCn1c(SCC(=O)N/N=C/c2cc(OC)c(OC)c(OC)c2)nnc1-c1ccc(C)cc1. The minimum absolute atomic E-state index is 0.151. The van der Waals surface area contributed by atoms with E-state index in [4.69, 9.17) is 14.2 Å². The van der Waals surface area contributed by atoms with Gasteiger partial charge in [0.25, 0.3) is 5.91 Å². The van der Waals surface area contributed by atoms with Crippen molar-refractivity contribution < 1.29 is 19.0 Å². The molecule has 0 bridgehead atoms. The monoisotopic (exact) mass is 469 g/mol. The lowest BCUT2D eigenvalue weighted by Crippen LogP contribution is -2.20. The zero-order chi connectivity index (χ0) is 23.8. The van der Waals surface area contributed by atoms with Crippen molar-refractivity contribution in [2.45, 2.75) is 25.5 Å². The van der Waals surface area contributed by atoms with Gasteiger partial charge in [-0.15, -0.1) is 10.2 Å².